The van der Waals surface area contributed by atoms with Gasteiger partial charge in [0.2, 0.25) is 0 Å². The van der Waals surface area contributed by atoms with Crippen LogP contribution in [0.3, 0.4) is 0 Å². The molecule has 0 saturated carbocycles. The average Bonchev–Trinajstić information content (AvgIpc) is 2.33. The standard InChI is InChI=1S/C12H12F3NO.2ClH.Ti/c1-6(8(3)17)7(2)16-12-10(14)4-9(13)5-11(12)15;;;/h4-5,17H,1-3H3;2*1H;/q;;;+2/p-2/b8-6-,16-7?;;;. The number of halogens is 5. The van der Waals surface area contributed by atoms with Gasteiger partial charge in [-0.2, -0.15) is 0 Å². The van der Waals surface area contributed by atoms with Crippen LogP contribution in [-0.2, 0) is 17.0 Å². The van der Waals surface area contributed by atoms with Crippen LogP contribution in [0.15, 0.2) is 28.5 Å². The minimum atomic E-state index is -1.08. The van der Waals surface area contributed by atoms with Gasteiger partial charge in [0.1, 0.15) is 11.5 Å². The molecule has 0 radical (unpaired) electrons. The number of aliphatic imine (C=N–C) groups is 1. The van der Waals surface area contributed by atoms with E-state index in [-0.39, 0.29) is 11.5 Å². The molecule has 1 N–H and O–H groups in total. The van der Waals surface area contributed by atoms with E-state index in [1.54, 1.807) is 6.92 Å². The molecule has 20 heavy (non-hydrogen) atoms. The number of aliphatic hydroxyl groups is 1. The van der Waals surface area contributed by atoms with Crippen LogP contribution < -0.4 is 0 Å². The molecule has 0 spiro atoms. The van der Waals surface area contributed by atoms with E-state index >= 15 is 0 Å². The molecular weight excluding hydrogens is 350 g/mol. The topological polar surface area (TPSA) is 32.6 Å². The molecule has 1 aromatic carbocycles. The molecule has 0 saturated heterocycles. The summed E-state index contributed by atoms with van der Waals surface area (Å²) in [7, 11) is 9.78. The third kappa shape index (κ3) is 6.31. The van der Waals surface area contributed by atoms with Gasteiger partial charge in [-0.25, -0.2) is 18.2 Å². The quantitative estimate of drug-likeness (QED) is 0.425. The molecule has 0 amide bonds. The Kier molecular flexibility index (Phi) is 9.22. The van der Waals surface area contributed by atoms with Gasteiger partial charge in [0, 0.05) is 23.4 Å². The molecule has 0 bridgehead atoms. The Balaban J connectivity index is 0.00000110. The summed E-state index contributed by atoms with van der Waals surface area (Å²) in [5.41, 5.74) is 0.104. The van der Waals surface area contributed by atoms with E-state index in [1.165, 1.54) is 13.8 Å². The van der Waals surface area contributed by atoms with Gasteiger partial charge in [-0.05, 0) is 20.8 Å². The zero-order valence-electron chi connectivity index (χ0n) is 10.9. The van der Waals surface area contributed by atoms with Crippen LogP contribution in [0.4, 0.5) is 18.9 Å². The Labute approximate surface area is 132 Å². The van der Waals surface area contributed by atoms with E-state index in [9.17, 15) is 18.3 Å². The molecular formula is C12H12Cl2F3NOTi. The molecule has 8 heteroatoms. The zero-order chi connectivity index (χ0) is 15.9. The molecule has 0 aliphatic heterocycles. The number of nitrogens with zero attached hydrogens (tertiary/aromatic N) is 1. The van der Waals surface area contributed by atoms with Crippen molar-refractivity contribution in [2.45, 2.75) is 20.8 Å². The van der Waals surface area contributed by atoms with Crippen LogP contribution in [0.5, 0.6) is 0 Å². The van der Waals surface area contributed by atoms with Crippen molar-refractivity contribution in [1.82, 2.24) is 0 Å². The second kappa shape index (κ2) is 9.45. The van der Waals surface area contributed by atoms with Crippen LogP contribution in [0.25, 0.3) is 0 Å². The summed E-state index contributed by atoms with van der Waals surface area (Å²) >= 11 is -0.556. The molecule has 0 heterocycles. The van der Waals surface area contributed by atoms with E-state index in [0.717, 1.165) is 0 Å². The van der Waals surface area contributed by atoms with Gasteiger partial charge < -0.3 is 5.11 Å². The summed E-state index contributed by atoms with van der Waals surface area (Å²) in [5, 5.41) is 9.20. The van der Waals surface area contributed by atoms with Crippen molar-refractivity contribution in [3.63, 3.8) is 0 Å². The average molecular weight is 362 g/mol. The Hall–Kier alpha value is -0.486. The van der Waals surface area contributed by atoms with Crippen LogP contribution >= 0.6 is 18.6 Å². The Morgan fingerprint density at radius 3 is 1.85 bits per heavy atom. The van der Waals surface area contributed by atoms with Gasteiger partial charge in [-0.15, -0.1) is 0 Å². The van der Waals surface area contributed by atoms with Crippen LogP contribution in [-0.4, -0.2) is 10.8 Å². The third-order valence-corrected chi connectivity index (χ3v) is 2.35. The maximum atomic E-state index is 13.3. The van der Waals surface area contributed by atoms with Crippen molar-refractivity contribution in [3.05, 3.63) is 40.9 Å². The molecule has 1 aromatic rings. The minimum absolute atomic E-state index is 0.00850. The van der Waals surface area contributed by atoms with E-state index in [1.807, 2.05) is 0 Å². The van der Waals surface area contributed by atoms with E-state index in [4.69, 9.17) is 18.6 Å². The van der Waals surface area contributed by atoms with E-state index in [2.05, 4.69) is 4.99 Å². The predicted octanol–water partition coefficient (Wildman–Crippen LogP) is 5.42. The van der Waals surface area contributed by atoms with Crippen molar-refractivity contribution >= 4 is 30.0 Å². The first-order chi connectivity index (χ1) is 9.24. The molecule has 0 aliphatic rings. The number of hydrogen-bond donors (Lipinski definition) is 1. The third-order valence-electron chi connectivity index (χ3n) is 2.35. The fourth-order valence-corrected chi connectivity index (χ4v) is 1.15. The molecule has 0 unspecified atom stereocenters. The Morgan fingerprint density at radius 2 is 1.50 bits per heavy atom. The number of rotatable bonds is 2. The number of allylic oxidation sites excluding steroid dienone is 2. The van der Waals surface area contributed by atoms with Crippen LogP contribution in [0.2, 0.25) is 0 Å². The van der Waals surface area contributed by atoms with Gasteiger partial charge in [-0.1, -0.05) is 0 Å². The molecule has 0 fully saturated rings. The second-order valence-electron chi connectivity index (χ2n) is 3.70. The zero-order valence-corrected chi connectivity index (χ0v) is 14.0. The fraction of sp³-hybridized carbons (Fsp3) is 0.250. The van der Waals surface area contributed by atoms with Crippen LogP contribution in [0, 0.1) is 17.5 Å². The predicted molar refractivity (Wildman–Crippen MR) is 71.8 cm³/mol. The van der Waals surface area contributed by atoms with Crippen molar-refractivity contribution in [1.29, 1.82) is 0 Å². The Morgan fingerprint density at radius 1 is 1.10 bits per heavy atom. The van der Waals surface area contributed by atoms with E-state index in [0.29, 0.717) is 17.7 Å². The van der Waals surface area contributed by atoms with Gasteiger partial charge in [0.15, 0.2) is 11.6 Å². The van der Waals surface area contributed by atoms with Gasteiger partial charge in [0.25, 0.3) is 0 Å². The second-order valence-corrected chi connectivity index (χ2v) is 6.28. The van der Waals surface area contributed by atoms with E-state index < -0.39 is 40.2 Å². The fourth-order valence-electron chi connectivity index (χ4n) is 1.15. The molecule has 0 atom stereocenters. The van der Waals surface area contributed by atoms with Gasteiger partial charge in [0.05, 0.1) is 5.76 Å². The molecule has 1 rings (SSSR count). The summed E-state index contributed by atoms with van der Waals surface area (Å²) in [5.74, 6) is -3.15. The summed E-state index contributed by atoms with van der Waals surface area (Å²) in [6, 6.07) is 1.11. The van der Waals surface area contributed by atoms with Crippen LogP contribution in [0.1, 0.15) is 20.8 Å². The normalized spacial score (nSPS) is 12.3. The number of benzene rings is 1. The first-order valence-electron chi connectivity index (χ1n) is 5.27. The summed E-state index contributed by atoms with van der Waals surface area (Å²) in [6.07, 6.45) is 0. The summed E-state index contributed by atoms with van der Waals surface area (Å²) in [6.45, 7) is 4.50. The van der Waals surface area contributed by atoms with Gasteiger partial charge in [-0.3, -0.25) is 0 Å². The SMILES string of the molecule is CC(=Nc1c(F)cc(F)cc1F)/C(C)=C(/C)O.[Cl][Ti][Cl]. The van der Waals surface area contributed by atoms with Gasteiger partial charge >= 0.3 is 35.6 Å². The van der Waals surface area contributed by atoms with Crippen molar-refractivity contribution in [3.8, 4) is 0 Å². The van der Waals surface area contributed by atoms with Crippen molar-refractivity contribution in [2.75, 3.05) is 0 Å². The molecule has 0 aliphatic carbocycles. The summed E-state index contributed by atoms with van der Waals surface area (Å²) < 4.78 is 39.2. The first kappa shape index (κ1) is 19.5. The van der Waals surface area contributed by atoms with Crippen molar-refractivity contribution < 1.29 is 35.3 Å². The number of aliphatic hydroxyl groups excluding tert-OH is 1. The first-order valence-corrected chi connectivity index (χ1v) is 9.57. The Bertz CT molecular complexity index is 508. The summed E-state index contributed by atoms with van der Waals surface area (Å²) in [4.78, 5) is 3.70. The maximum absolute atomic E-state index is 13.3. The van der Waals surface area contributed by atoms with Crippen molar-refractivity contribution in [2.24, 2.45) is 4.99 Å². The molecule has 2 nitrogen and oxygen atoms in total. The molecule has 0 aromatic heterocycles. The number of hydrogen-bond acceptors (Lipinski definition) is 2. The molecule has 110 valence electrons. The monoisotopic (exact) mass is 361 g/mol.